The van der Waals surface area contributed by atoms with Crippen LogP contribution in [0.5, 0.6) is 0 Å². The maximum absolute atomic E-state index is 12.3. The lowest BCUT2D eigenvalue weighted by molar-refractivity contribution is 0.553. The van der Waals surface area contributed by atoms with Gasteiger partial charge in [-0.2, -0.15) is 0 Å². The molecule has 0 amide bonds. The van der Waals surface area contributed by atoms with Crippen LogP contribution in [0.25, 0.3) is 0 Å². The van der Waals surface area contributed by atoms with Crippen LogP contribution in [0.3, 0.4) is 0 Å². The summed E-state index contributed by atoms with van der Waals surface area (Å²) in [6.45, 7) is 4.97. The number of benzene rings is 1. The summed E-state index contributed by atoms with van der Waals surface area (Å²) in [5.74, 6) is 0. The zero-order valence-corrected chi connectivity index (χ0v) is 12.8. The fraction of sp³-hybridized carbons (Fsp3) is 0.571. The van der Waals surface area contributed by atoms with Crippen LogP contribution in [0, 0.1) is 5.41 Å². The lowest BCUT2D eigenvalue weighted by Crippen LogP contribution is -2.31. The van der Waals surface area contributed by atoms with Gasteiger partial charge in [-0.05, 0) is 50.8 Å². The number of para-hydroxylation sites is 1. The van der Waals surface area contributed by atoms with Crippen LogP contribution in [0.1, 0.15) is 26.7 Å². The Bertz CT molecular complexity index is 566. The van der Waals surface area contributed by atoms with E-state index in [1.165, 1.54) is 0 Å². The largest absolute Gasteiger partial charge is 0.383 e. The predicted octanol–water partition coefficient (Wildman–Crippen LogP) is 1.52. The van der Waals surface area contributed by atoms with Crippen LogP contribution in [0.15, 0.2) is 29.2 Å². The first-order valence-electron chi connectivity index (χ1n) is 6.94. The molecule has 6 heteroatoms. The molecule has 0 saturated heterocycles. The quantitative estimate of drug-likeness (QED) is 0.712. The Morgan fingerprint density at radius 2 is 1.95 bits per heavy atom. The van der Waals surface area contributed by atoms with Gasteiger partial charge in [-0.25, -0.2) is 13.1 Å². The zero-order valence-electron chi connectivity index (χ0n) is 12.0. The third kappa shape index (κ3) is 3.50. The van der Waals surface area contributed by atoms with Crippen molar-refractivity contribution in [3.05, 3.63) is 24.3 Å². The van der Waals surface area contributed by atoms with Gasteiger partial charge in [-0.1, -0.05) is 12.1 Å². The normalized spacial score (nSPS) is 17.2. The van der Waals surface area contributed by atoms with E-state index in [0.717, 1.165) is 19.4 Å². The Kier molecular flexibility index (Phi) is 4.36. The molecule has 1 saturated carbocycles. The number of nitrogens with two attached hydrogens (primary N) is 1. The maximum atomic E-state index is 12.3. The summed E-state index contributed by atoms with van der Waals surface area (Å²) in [4.78, 5) is 0.293. The van der Waals surface area contributed by atoms with Gasteiger partial charge >= 0.3 is 0 Å². The Morgan fingerprint density at radius 1 is 1.30 bits per heavy atom. The van der Waals surface area contributed by atoms with Gasteiger partial charge in [0.2, 0.25) is 10.0 Å². The monoisotopic (exact) mass is 297 g/mol. The van der Waals surface area contributed by atoms with Crippen molar-refractivity contribution in [1.29, 1.82) is 0 Å². The smallest absolute Gasteiger partial charge is 0.242 e. The van der Waals surface area contributed by atoms with Crippen LogP contribution in [0.2, 0.25) is 0 Å². The molecule has 0 aromatic heterocycles. The van der Waals surface area contributed by atoms with Crippen molar-refractivity contribution in [1.82, 2.24) is 4.72 Å². The highest BCUT2D eigenvalue weighted by atomic mass is 32.2. The van der Waals surface area contributed by atoms with E-state index in [4.69, 9.17) is 5.73 Å². The molecule has 1 fully saturated rings. The van der Waals surface area contributed by atoms with Gasteiger partial charge in [0.15, 0.2) is 0 Å². The highest BCUT2D eigenvalue weighted by molar-refractivity contribution is 7.89. The van der Waals surface area contributed by atoms with Crippen molar-refractivity contribution in [3.63, 3.8) is 0 Å². The number of sulfonamides is 1. The molecule has 20 heavy (non-hydrogen) atoms. The number of hydrogen-bond acceptors (Lipinski definition) is 4. The fourth-order valence-corrected chi connectivity index (χ4v) is 3.57. The van der Waals surface area contributed by atoms with E-state index < -0.39 is 10.0 Å². The highest BCUT2D eigenvalue weighted by Gasteiger charge is 2.41. The van der Waals surface area contributed by atoms with Crippen LogP contribution in [-0.2, 0) is 10.0 Å². The van der Waals surface area contributed by atoms with Crippen molar-refractivity contribution >= 4 is 15.7 Å². The molecule has 1 aliphatic rings. The second-order valence-corrected chi connectivity index (χ2v) is 7.51. The van der Waals surface area contributed by atoms with Crippen molar-refractivity contribution < 1.29 is 8.42 Å². The van der Waals surface area contributed by atoms with E-state index in [0.29, 0.717) is 17.1 Å². The predicted molar refractivity (Wildman–Crippen MR) is 81.1 cm³/mol. The molecule has 2 rings (SSSR count). The molecule has 4 N–H and O–H groups in total. The number of hydrogen-bond donors (Lipinski definition) is 3. The summed E-state index contributed by atoms with van der Waals surface area (Å²) in [5, 5.41) is 3.25. The third-order valence-corrected chi connectivity index (χ3v) is 5.33. The topological polar surface area (TPSA) is 84.2 Å². The van der Waals surface area contributed by atoms with Crippen LogP contribution < -0.4 is 15.8 Å². The van der Waals surface area contributed by atoms with Gasteiger partial charge in [-0.3, -0.25) is 0 Å². The van der Waals surface area contributed by atoms with Gasteiger partial charge in [-0.15, -0.1) is 0 Å². The van der Waals surface area contributed by atoms with E-state index in [1.807, 2.05) is 6.07 Å². The number of anilines is 1. The maximum Gasteiger partial charge on any atom is 0.242 e. The summed E-state index contributed by atoms with van der Waals surface area (Å²) in [7, 11) is -3.49. The van der Waals surface area contributed by atoms with E-state index in [1.54, 1.807) is 32.0 Å². The summed E-state index contributed by atoms with van der Waals surface area (Å²) in [6, 6.07) is 6.84. The average molecular weight is 297 g/mol. The summed E-state index contributed by atoms with van der Waals surface area (Å²) in [5.41, 5.74) is 6.55. The van der Waals surface area contributed by atoms with E-state index in [9.17, 15) is 8.42 Å². The number of nitrogens with one attached hydrogen (secondary N) is 2. The second kappa shape index (κ2) is 5.71. The molecular weight excluding hydrogens is 274 g/mol. The number of rotatable bonds is 7. The molecule has 112 valence electrons. The Morgan fingerprint density at radius 3 is 2.50 bits per heavy atom. The molecular formula is C14H23N3O2S. The lowest BCUT2D eigenvalue weighted by Gasteiger charge is -2.18. The first kappa shape index (κ1) is 15.3. The SMILES string of the molecule is CC(C)NS(=O)(=O)c1ccccc1NCC1(CN)CC1. The van der Waals surface area contributed by atoms with Crippen molar-refractivity contribution in [3.8, 4) is 0 Å². The Hall–Kier alpha value is -1.11. The highest BCUT2D eigenvalue weighted by Crippen LogP contribution is 2.44. The van der Waals surface area contributed by atoms with Gasteiger partial charge in [0.25, 0.3) is 0 Å². The molecule has 1 aromatic carbocycles. The Labute approximate surface area is 121 Å². The van der Waals surface area contributed by atoms with Crippen molar-refractivity contribution in [2.45, 2.75) is 37.6 Å². The van der Waals surface area contributed by atoms with Gasteiger partial charge in [0, 0.05) is 12.6 Å². The van der Waals surface area contributed by atoms with Gasteiger partial charge in [0.1, 0.15) is 4.90 Å². The minimum Gasteiger partial charge on any atom is -0.383 e. The van der Waals surface area contributed by atoms with Crippen LogP contribution in [0.4, 0.5) is 5.69 Å². The third-order valence-electron chi connectivity index (χ3n) is 3.61. The van der Waals surface area contributed by atoms with Crippen LogP contribution in [-0.4, -0.2) is 27.5 Å². The molecule has 0 atom stereocenters. The van der Waals surface area contributed by atoms with Gasteiger partial charge in [0.05, 0.1) is 5.69 Å². The van der Waals surface area contributed by atoms with E-state index in [-0.39, 0.29) is 11.5 Å². The minimum atomic E-state index is -3.49. The first-order chi connectivity index (χ1) is 9.38. The Balaban J connectivity index is 2.18. The molecule has 0 bridgehead atoms. The summed E-state index contributed by atoms with van der Waals surface area (Å²) in [6.07, 6.45) is 2.21. The van der Waals surface area contributed by atoms with E-state index >= 15 is 0 Å². The lowest BCUT2D eigenvalue weighted by atomic mass is 10.1. The average Bonchev–Trinajstić information content (AvgIpc) is 3.16. The molecule has 0 radical (unpaired) electrons. The van der Waals surface area contributed by atoms with E-state index in [2.05, 4.69) is 10.0 Å². The second-order valence-electron chi connectivity index (χ2n) is 5.83. The molecule has 0 unspecified atom stereocenters. The van der Waals surface area contributed by atoms with Gasteiger partial charge < -0.3 is 11.1 Å². The standard InChI is InChI=1S/C14H23N3O2S/c1-11(2)17-20(18,19)13-6-4-3-5-12(13)16-10-14(9-15)7-8-14/h3-6,11,16-17H,7-10,15H2,1-2H3. The zero-order chi connectivity index (χ0) is 14.8. The molecule has 0 aliphatic heterocycles. The summed E-state index contributed by atoms with van der Waals surface area (Å²) >= 11 is 0. The minimum absolute atomic E-state index is 0.133. The molecule has 1 aliphatic carbocycles. The molecule has 0 spiro atoms. The fourth-order valence-electron chi connectivity index (χ4n) is 2.13. The van der Waals surface area contributed by atoms with Crippen LogP contribution >= 0.6 is 0 Å². The molecule has 5 nitrogen and oxygen atoms in total. The molecule has 1 aromatic rings. The van der Waals surface area contributed by atoms with Crippen molar-refractivity contribution in [2.75, 3.05) is 18.4 Å². The van der Waals surface area contributed by atoms with Crippen molar-refractivity contribution in [2.24, 2.45) is 11.1 Å². The summed E-state index contributed by atoms with van der Waals surface area (Å²) < 4.78 is 27.2. The molecule has 0 heterocycles. The first-order valence-corrected chi connectivity index (χ1v) is 8.42.